The van der Waals surface area contributed by atoms with Gasteiger partial charge in [0.15, 0.2) is 0 Å². The van der Waals surface area contributed by atoms with Gasteiger partial charge in [-0.25, -0.2) is 0 Å². The van der Waals surface area contributed by atoms with Crippen LogP contribution >= 0.6 is 0 Å². The van der Waals surface area contributed by atoms with Gasteiger partial charge in [0.2, 0.25) is 0 Å². The third kappa shape index (κ3) is 1.54. The van der Waals surface area contributed by atoms with Crippen LogP contribution in [0.1, 0.15) is 44.4 Å². The van der Waals surface area contributed by atoms with Gasteiger partial charge in [-0.1, -0.05) is 20.3 Å². The lowest BCUT2D eigenvalue weighted by Crippen LogP contribution is -2.34. The minimum absolute atomic E-state index is 0.418. The molecule has 0 saturated carbocycles. The minimum Gasteiger partial charge on any atom is -0.312 e. The second-order valence-electron chi connectivity index (χ2n) is 3.78. The first kappa shape index (κ1) is 9.65. The first-order valence-electron chi connectivity index (χ1n) is 5.52. The number of nitrogens with zero attached hydrogens (tertiary/aromatic N) is 3. The molecule has 0 spiro atoms. The first-order chi connectivity index (χ1) is 6.86. The van der Waals surface area contributed by atoms with Gasteiger partial charge < -0.3 is 9.88 Å². The predicted octanol–water partition coefficient (Wildman–Crippen LogP) is 1.28. The average molecular weight is 194 g/mol. The van der Waals surface area contributed by atoms with Gasteiger partial charge >= 0.3 is 0 Å². The lowest BCUT2D eigenvalue weighted by atomic mass is 10.1. The Hall–Kier alpha value is -0.900. The number of aryl methyl sites for hydroxylation is 1. The van der Waals surface area contributed by atoms with Crippen molar-refractivity contribution in [2.75, 3.05) is 6.54 Å². The van der Waals surface area contributed by atoms with Crippen LogP contribution in [0.15, 0.2) is 0 Å². The van der Waals surface area contributed by atoms with E-state index in [0.717, 1.165) is 37.6 Å². The molecule has 0 fully saturated rings. The molecule has 2 heterocycles. The smallest absolute Gasteiger partial charge is 0.150 e. The lowest BCUT2D eigenvalue weighted by Gasteiger charge is -2.24. The molecule has 1 unspecified atom stereocenters. The van der Waals surface area contributed by atoms with Gasteiger partial charge in [-0.3, -0.25) is 0 Å². The van der Waals surface area contributed by atoms with E-state index in [4.69, 9.17) is 0 Å². The molecule has 0 saturated heterocycles. The Morgan fingerprint density at radius 1 is 1.43 bits per heavy atom. The van der Waals surface area contributed by atoms with Crippen LogP contribution in [0, 0.1) is 0 Å². The van der Waals surface area contributed by atoms with Gasteiger partial charge in [-0.2, -0.15) is 0 Å². The Morgan fingerprint density at radius 2 is 2.29 bits per heavy atom. The van der Waals surface area contributed by atoms with Crippen molar-refractivity contribution in [3.63, 3.8) is 0 Å². The monoisotopic (exact) mass is 194 g/mol. The normalized spacial score (nSPS) is 20.9. The number of aromatic nitrogens is 3. The van der Waals surface area contributed by atoms with E-state index in [0.29, 0.717) is 6.04 Å². The zero-order chi connectivity index (χ0) is 9.97. The summed E-state index contributed by atoms with van der Waals surface area (Å²) in [5.41, 5.74) is 0. The number of fused-ring (bicyclic) bond motifs is 1. The van der Waals surface area contributed by atoms with Crippen molar-refractivity contribution in [3.05, 3.63) is 11.6 Å². The molecule has 0 amide bonds. The molecule has 1 aliphatic rings. The summed E-state index contributed by atoms with van der Waals surface area (Å²) < 4.78 is 2.27. The van der Waals surface area contributed by atoms with E-state index >= 15 is 0 Å². The van der Waals surface area contributed by atoms with E-state index in [1.165, 1.54) is 6.42 Å². The van der Waals surface area contributed by atoms with E-state index in [1.54, 1.807) is 0 Å². The van der Waals surface area contributed by atoms with Crippen molar-refractivity contribution in [2.45, 2.75) is 45.7 Å². The molecule has 2 rings (SSSR count). The number of nitrogens with one attached hydrogen (secondary N) is 1. The van der Waals surface area contributed by atoms with Crippen molar-refractivity contribution in [3.8, 4) is 0 Å². The van der Waals surface area contributed by atoms with Crippen molar-refractivity contribution in [2.24, 2.45) is 0 Å². The van der Waals surface area contributed by atoms with Crippen molar-refractivity contribution in [1.29, 1.82) is 0 Å². The molecule has 1 N–H and O–H groups in total. The molecule has 14 heavy (non-hydrogen) atoms. The molecule has 1 atom stereocenters. The maximum atomic E-state index is 4.28. The number of rotatable bonds is 3. The van der Waals surface area contributed by atoms with E-state index in [-0.39, 0.29) is 0 Å². The SMILES string of the molecule is CCCC1NCCn2c(CC)nnc21. The zero-order valence-corrected chi connectivity index (χ0v) is 8.95. The molecule has 1 aliphatic heterocycles. The Bertz CT molecular complexity index is 305. The van der Waals surface area contributed by atoms with Crippen LogP contribution in [0.4, 0.5) is 0 Å². The van der Waals surface area contributed by atoms with Crippen LogP contribution in [0.25, 0.3) is 0 Å². The first-order valence-corrected chi connectivity index (χ1v) is 5.52. The van der Waals surface area contributed by atoms with Gasteiger partial charge in [0, 0.05) is 19.5 Å². The van der Waals surface area contributed by atoms with Gasteiger partial charge in [0.05, 0.1) is 6.04 Å². The van der Waals surface area contributed by atoms with Gasteiger partial charge in [-0.15, -0.1) is 10.2 Å². The minimum atomic E-state index is 0.418. The largest absolute Gasteiger partial charge is 0.312 e. The maximum Gasteiger partial charge on any atom is 0.150 e. The predicted molar refractivity (Wildman–Crippen MR) is 55.1 cm³/mol. The molecule has 4 heteroatoms. The van der Waals surface area contributed by atoms with Crippen molar-refractivity contribution >= 4 is 0 Å². The van der Waals surface area contributed by atoms with Crippen LogP contribution < -0.4 is 5.32 Å². The van der Waals surface area contributed by atoms with Gasteiger partial charge in [0.1, 0.15) is 11.6 Å². The average Bonchev–Trinajstić information content (AvgIpc) is 2.62. The second-order valence-corrected chi connectivity index (χ2v) is 3.78. The Morgan fingerprint density at radius 3 is 3.00 bits per heavy atom. The highest BCUT2D eigenvalue weighted by atomic mass is 15.3. The highest BCUT2D eigenvalue weighted by Gasteiger charge is 2.22. The van der Waals surface area contributed by atoms with E-state index in [2.05, 4.69) is 33.9 Å². The topological polar surface area (TPSA) is 42.7 Å². The Kier molecular flexibility index (Phi) is 2.82. The summed E-state index contributed by atoms with van der Waals surface area (Å²) >= 11 is 0. The fraction of sp³-hybridized carbons (Fsp3) is 0.800. The molecule has 78 valence electrons. The molecule has 0 radical (unpaired) electrons. The molecular formula is C10H18N4. The quantitative estimate of drug-likeness (QED) is 0.788. The summed E-state index contributed by atoms with van der Waals surface area (Å²) in [5.74, 6) is 2.26. The molecule has 0 bridgehead atoms. The number of hydrogen-bond donors (Lipinski definition) is 1. The Balaban J connectivity index is 2.26. The summed E-state index contributed by atoms with van der Waals surface area (Å²) in [4.78, 5) is 0. The van der Waals surface area contributed by atoms with Gasteiger partial charge in [-0.05, 0) is 6.42 Å². The molecule has 0 aromatic carbocycles. The highest BCUT2D eigenvalue weighted by Crippen LogP contribution is 2.20. The van der Waals surface area contributed by atoms with Crippen LogP contribution in [0.5, 0.6) is 0 Å². The third-order valence-corrected chi connectivity index (χ3v) is 2.79. The standard InChI is InChI=1S/C10H18N4/c1-3-5-8-10-13-12-9(4-2)14(10)7-6-11-8/h8,11H,3-7H2,1-2H3. The summed E-state index contributed by atoms with van der Waals surface area (Å²) in [6.07, 6.45) is 3.32. The summed E-state index contributed by atoms with van der Waals surface area (Å²) in [5, 5.41) is 12.0. The maximum absolute atomic E-state index is 4.28. The fourth-order valence-corrected chi connectivity index (χ4v) is 2.07. The Labute approximate surface area is 84.7 Å². The molecule has 1 aromatic heterocycles. The number of hydrogen-bond acceptors (Lipinski definition) is 3. The van der Waals surface area contributed by atoms with E-state index in [9.17, 15) is 0 Å². The van der Waals surface area contributed by atoms with Gasteiger partial charge in [0.25, 0.3) is 0 Å². The van der Waals surface area contributed by atoms with Crippen molar-refractivity contribution < 1.29 is 0 Å². The lowest BCUT2D eigenvalue weighted by molar-refractivity contribution is 0.388. The summed E-state index contributed by atoms with van der Waals surface area (Å²) in [6, 6.07) is 0.418. The van der Waals surface area contributed by atoms with E-state index in [1.807, 2.05) is 0 Å². The molecular weight excluding hydrogens is 176 g/mol. The summed E-state index contributed by atoms with van der Waals surface area (Å²) in [7, 11) is 0. The van der Waals surface area contributed by atoms with Crippen LogP contribution in [-0.2, 0) is 13.0 Å². The molecule has 1 aromatic rings. The third-order valence-electron chi connectivity index (χ3n) is 2.79. The van der Waals surface area contributed by atoms with Crippen molar-refractivity contribution in [1.82, 2.24) is 20.1 Å². The second kappa shape index (κ2) is 4.09. The fourth-order valence-electron chi connectivity index (χ4n) is 2.07. The van der Waals surface area contributed by atoms with Crippen LogP contribution in [0.3, 0.4) is 0 Å². The molecule has 0 aliphatic carbocycles. The van der Waals surface area contributed by atoms with Crippen LogP contribution in [0.2, 0.25) is 0 Å². The highest BCUT2D eigenvalue weighted by molar-refractivity contribution is 5.04. The van der Waals surface area contributed by atoms with E-state index < -0.39 is 0 Å². The van der Waals surface area contributed by atoms with Crippen LogP contribution in [-0.4, -0.2) is 21.3 Å². The molecule has 4 nitrogen and oxygen atoms in total. The zero-order valence-electron chi connectivity index (χ0n) is 8.95. The summed E-state index contributed by atoms with van der Waals surface area (Å²) in [6.45, 7) is 6.40.